The Morgan fingerprint density at radius 2 is 1.83 bits per heavy atom. The van der Waals surface area contributed by atoms with E-state index < -0.39 is 0 Å². The summed E-state index contributed by atoms with van der Waals surface area (Å²) < 4.78 is 4.92. The number of rotatable bonds is 5. The molecule has 2 N–H and O–H groups in total. The highest BCUT2D eigenvalue weighted by Gasteiger charge is 2.24. The highest BCUT2D eigenvalue weighted by molar-refractivity contribution is 7.99. The average Bonchev–Trinajstić information content (AvgIpc) is 2.39. The van der Waals surface area contributed by atoms with E-state index in [0.29, 0.717) is 45.1 Å². The summed E-state index contributed by atoms with van der Waals surface area (Å²) in [5.41, 5.74) is 5.37. The van der Waals surface area contributed by atoms with E-state index in [1.165, 1.54) is 0 Å². The third-order valence-electron chi connectivity index (χ3n) is 2.65. The highest BCUT2D eigenvalue weighted by atomic mass is 32.2. The Balaban J connectivity index is 2.26. The molecule has 1 saturated heterocycles. The largest absolute Gasteiger partial charge is 0.450 e. The molecule has 0 radical (unpaired) electrons. The Kier molecular flexibility index (Phi) is 6.89. The first-order valence-electron chi connectivity index (χ1n) is 6.16. The molecule has 1 rings (SSSR count). The van der Waals surface area contributed by atoms with Crippen molar-refractivity contribution in [1.29, 1.82) is 0 Å². The minimum Gasteiger partial charge on any atom is -0.450 e. The number of thioether (sulfide) groups is 1. The fourth-order valence-electron chi connectivity index (χ4n) is 1.69. The molecule has 1 fully saturated rings. The van der Waals surface area contributed by atoms with E-state index in [-0.39, 0.29) is 12.0 Å². The molecular formula is C11H21N3O3S. The second-order valence-corrected chi connectivity index (χ2v) is 5.01. The maximum atomic E-state index is 11.8. The quantitative estimate of drug-likeness (QED) is 0.714. The highest BCUT2D eigenvalue weighted by Crippen LogP contribution is 2.07. The van der Waals surface area contributed by atoms with Crippen molar-refractivity contribution in [3.8, 4) is 0 Å². The number of carbonyl (C=O) groups is 2. The second-order valence-electron chi connectivity index (χ2n) is 3.91. The SMILES string of the molecule is CCOC(=O)N1CCN(C(=O)CSCCN)CC1. The molecule has 0 aliphatic carbocycles. The van der Waals surface area contributed by atoms with Crippen LogP contribution in [-0.2, 0) is 9.53 Å². The average molecular weight is 275 g/mol. The van der Waals surface area contributed by atoms with Gasteiger partial charge in [-0.15, -0.1) is 0 Å². The number of ether oxygens (including phenoxy) is 1. The number of carbonyl (C=O) groups excluding carboxylic acids is 2. The van der Waals surface area contributed by atoms with E-state index in [0.717, 1.165) is 5.75 Å². The summed E-state index contributed by atoms with van der Waals surface area (Å²) in [6, 6.07) is 0. The number of nitrogens with zero attached hydrogens (tertiary/aromatic N) is 2. The molecule has 0 bridgehead atoms. The lowest BCUT2D eigenvalue weighted by atomic mass is 10.3. The Morgan fingerprint density at radius 3 is 2.39 bits per heavy atom. The van der Waals surface area contributed by atoms with E-state index in [9.17, 15) is 9.59 Å². The molecule has 6 nitrogen and oxygen atoms in total. The van der Waals surface area contributed by atoms with Gasteiger partial charge in [-0.05, 0) is 6.92 Å². The molecule has 0 atom stereocenters. The van der Waals surface area contributed by atoms with Gasteiger partial charge in [0.1, 0.15) is 0 Å². The maximum absolute atomic E-state index is 11.8. The third kappa shape index (κ3) is 4.73. The van der Waals surface area contributed by atoms with Gasteiger partial charge in [0.25, 0.3) is 0 Å². The van der Waals surface area contributed by atoms with Crippen molar-refractivity contribution in [2.75, 3.05) is 50.8 Å². The van der Waals surface area contributed by atoms with Crippen LogP contribution in [0.4, 0.5) is 4.79 Å². The molecule has 0 saturated carbocycles. The van der Waals surface area contributed by atoms with Crippen LogP contribution < -0.4 is 5.73 Å². The molecule has 0 aromatic carbocycles. The zero-order valence-electron chi connectivity index (χ0n) is 10.8. The third-order valence-corrected chi connectivity index (χ3v) is 3.62. The fraction of sp³-hybridized carbons (Fsp3) is 0.818. The summed E-state index contributed by atoms with van der Waals surface area (Å²) >= 11 is 1.55. The van der Waals surface area contributed by atoms with Crippen LogP contribution in [0.5, 0.6) is 0 Å². The van der Waals surface area contributed by atoms with E-state index in [1.807, 2.05) is 0 Å². The van der Waals surface area contributed by atoms with Crippen LogP contribution in [0.15, 0.2) is 0 Å². The van der Waals surface area contributed by atoms with Crippen LogP contribution in [0.25, 0.3) is 0 Å². The molecule has 2 amide bonds. The summed E-state index contributed by atoms with van der Waals surface area (Å²) in [6.07, 6.45) is -0.290. The van der Waals surface area contributed by atoms with Crippen molar-refractivity contribution in [2.24, 2.45) is 5.73 Å². The molecule has 0 aromatic heterocycles. The Labute approximate surface area is 112 Å². The number of piperazine rings is 1. The van der Waals surface area contributed by atoms with E-state index >= 15 is 0 Å². The van der Waals surface area contributed by atoms with Gasteiger partial charge < -0.3 is 20.3 Å². The summed E-state index contributed by atoms with van der Waals surface area (Å²) in [7, 11) is 0. The first-order valence-corrected chi connectivity index (χ1v) is 7.31. The number of nitrogens with two attached hydrogens (primary N) is 1. The zero-order valence-corrected chi connectivity index (χ0v) is 11.6. The molecule has 0 spiro atoms. The van der Waals surface area contributed by atoms with Crippen molar-refractivity contribution in [2.45, 2.75) is 6.92 Å². The fourth-order valence-corrected chi connectivity index (χ4v) is 2.36. The molecular weight excluding hydrogens is 254 g/mol. The van der Waals surface area contributed by atoms with Gasteiger partial charge in [0, 0.05) is 38.5 Å². The van der Waals surface area contributed by atoms with Crippen LogP contribution in [0.1, 0.15) is 6.92 Å². The summed E-state index contributed by atoms with van der Waals surface area (Å²) in [5.74, 6) is 1.39. The Morgan fingerprint density at radius 1 is 1.22 bits per heavy atom. The van der Waals surface area contributed by atoms with Crippen LogP contribution in [0.3, 0.4) is 0 Å². The summed E-state index contributed by atoms with van der Waals surface area (Å²) in [5, 5.41) is 0. The monoisotopic (exact) mass is 275 g/mol. The minimum absolute atomic E-state index is 0.122. The van der Waals surface area contributed by atoms with Crippen LogP contribution in [0, 0.1) is 0 Å². The predicted molar refractivity (Wildman–Crippen MR) is 71.6 cm³/mol. The Hall–Kier alpha value is -0.950. The molecule has 1 aliphatic rings. The smallest absolute Gasteiger partial charge is 0.409 e. The van der Waals surface area contributed by atoms with Crippen molar-refractivity contribution in [3.63, 3.8) is 0 Å². The number of amides is 2. The van der Waals surface area contributed by atoms with Crippen molar-refractivity contribution in [3.05, 3.63) is 0 Å². The first kappa shape index (κ1) is 15.1. The molecule has 104 valence electrons. The topological polar surface area (TPSA) is 75.9 Å². The van der Waals surface area contributed by atoms with Crippen LogP contribution in [0.2, 0.25) is 0 Å². The second kappa shape index (κ2) is 8.20. The van der Waals surface area contributed by atoms with Crippen LogP contribution in [-0.4, -0.2) is 72.6 Å². The van der Waals surface area contributed by atoms with E-state index in [4.69, 9.17) is 10.5 Å². The van der Waals surface area contributed by atoms with Crippen LogP contribution >= 0.6 is 11.8 Å². The lowest BCUT2D eigenvalue weighted by Crippen LogP contribution is -2.51. The molecule has 0 aromatic rings. The summed E-state index contributed by atoms with van der Waals surface area (Å²) in [4.78, 5) is 26.7. The normalized spacial score (nSPS) is 15.7. The van der Waals surface area contributed by atoms with Gasteiger partial charge in [-0.3, -0.25) is 4.79 Å². The minimum atomic E-state index is -0.290. The number of hydrogen-bond donors (Lipinski definition) is 1. The van der Waals surface area contributed by atoms with Crippen molar-refractivity contribution in [1.82, 2.24) is 9.80 Å². The molecule has 0 unspecified atom stereocenters. The van der Waals surface area contributed by atoms with Crippen molar-refractivity contribution < 1.29 is 14.3 Å². The molecule has 7 heteroatoms. The lowest BCUT2D eigenvalue weighted by Gasteiger charge is -2.34. The van der Waals surface area contributed by atoms with Crippen molar-refractivity contribution >= 4 is 23.8 Å². The van der Waals surface area contributed by atoms with Gasteiger partial charge >= 0.3 is 6.09 Å². The van der Waals surface area contributed by atoms with Gasteiger partial charge in [-0.25, -0.2) is 4.79 Å². The molecule has 1 heterocycles. The van der Waals surface area contributed by atoms with E-state index in [1.54, 1.807) is 28.5 Å². The Bertz CT molecular complexity index is 281. The number of hydrogen-bond acceptors (Lipinski definition) is 5. The van der Waals surface area contributed by atoms with Gasteiger partial charge in [0.2, 0.25) is 5.91 Å². The van der Waals surface area contributed by atoms with Gasteiger partial charge in [-0.2, -0.15) is 11.8 Å². The first-order chi connectivity index (χ1) is 8.69. The standard InChI is InChI=1S/C11H21N3O3S/c1-2-17-11(16)14-6-4-13(5-7-14)10(15)9-18-8-3-12/h2-9,12H2,1H3. The van der Waals surface area contributed by atoms with Gasteiger partial charge in [-0.1, -0.05) is 0 Å². The van der Waals surface area contributed by atoms with Gasteiger partial charge in [0.15, 0.2) is 0 Å². The zero-order chi connectivity index (χ0) is 13.4. The molecule has 18 heavy (non-hydrogen) atoms. The maximum Gasteiger partial charge on any atom is 0.409 e. The summed E-state index contributed by atoms with van der Waals surface area (Å²) in [6.45, 7) is 5.02. The molecule has 1 aliphatic heterocycles. The lowest BCUT2D eigenvalue weighted by molar-refractivity contribution is -0.129. The predicted octanol–water partition coefficient (Wildman–Crippen LogP) is -0.0210. The van der Waals surface area contributed by atoms with E-state index in [2.05, 4.69) is 0 Å². The van der Waals surface area contributed by atoms with Gasteiger partial charge in [0.05, 0.1) is 12.4 Å².